The second-order valence-electron chi connectivity index (χ2n) is 4.60. The van der Waals surface area contributed by atoms with Crippen molar-refractivity contribution >= 4 is 26.7 Å². The second-order valence-corrected chi connectivity index (χ2v) is 5.70. The molecule has 0 aliphatic carbocycles. The minimum atomic E-state index is 0.298. The highest BCUT2D eigenvalue weighted by molar-refractivity contribution is 9.09. The number of alkyl halides is 1. The molecule has 1 nitrogen and oxygen atoms in total. The van der Waals surface area contributed by atoms with Gasteiger partial charge in [0.25, 0.3) is 0 Å². The molecule has 94 valence electrons. The topological polar surface area (TPSA) is 12.9 Å². The molecule has 1 unspecified atom stereocenters. The monoisotopic (exact) mass is 311 g/mol. The van der Waals surface area contributed by atoms with Crippen molar-refractivity contribution in [2.75, 3.05) is 0 Å². The van der Waals surface area contributed by atoms with Crippen molar-refractivity contribution in [2.24, 2.45) is 0 Å². The predicted octanol–water partition coefficient (Wildman–Crippen LogP) is 4.91. The molecule has 0 amide bonds. The summed E-state index contributed by atoms with van der Waals surface area (Å²) < 4.78 is 0. The summed E-state index contributed by atoms with van der Waals surface area (Å²) in [6.45, 7) is 0. The summed E-state index contributed by atoms with van der Waals surface area (Å²) in [5, 5.41) is 2.56. The molecule has 0 saturated heterocycles. The van der Waals surface area contributed by atoms with E-state index >= 15 is 0 Å². The third-order valence-electron chi connectivity index (χ3n) is 3.25. The Kier molecular flexibility index (Phi) is 3.60. The number of rotatable bonds is 3. The average Bonchev–Trinajstić information content (AvgIpc) is 2.48. The number of hydrogen-bond donors (Lipinski definition) is 0. The summed E-state index contributed by atoms with van der Waals surface area (Å²) in [7, 11) is 0. The molecular weight excluding hydrogens is 298 g/mol. The molecule has 0 radical (unpaired) electrons. The molecule has 2 heteroatoms. The van der Waals surface area contributed by atoms with E-state index in [-0.39, 0.29) is 0 Å². The van der Waals surface area contributed by atoms with Gasteiger partial charge >= 0.3 is 0 Å². The van der Waals surface area contributed by atoms with Crippen LogP contribution in [0.3, 0.4) is 0 Å². The Labute approximate surface area is 121 Å². The molecule has 0 N–H and O–H groups in total. The van der Waals surface area contributed by atoms with E-state index in [0.717, 1.165) is 12.1 Å². The van der Waals surface area contributed by atoms with Crippen molar-refractivity contribution in [3.63, 3.8) is 0 Å². The van der Waals surface area contributed by atoms with Gasteiger partial charge in [-0.2, -0.15) is 0 Å². The van der Waals surface area contributed by atoms with Gasteiger partial charge in [0.1, 0.15) is 0 Å². The Morgan fingerprint density at radius 1 is 0.895 bits per heavy atom. The van der Waals surface area contributed by atoms with E-state index < -0.39 is 0 Å². The maximum Gasteiger partial charge on any atom is 0.0450 e. The van der Waals surface area contributed by atoms with Crippen LogP contribution in [-0.2, 0) is 6.42 Å². The first-order valence-corrected chi connectivity index (χ1v) is 7.27. The largest absolute Gasteiger partial charge is 0.261 e. The number of halogens is 1. The molecule has 1 atom stereocenters. The Morgan fingerprint density at radius 2 is 1.68 bits per heavy atom. The van der Waals surface area contributed by atoms with Crippen molar-refractivity contribution < 1.29 is 0 Å². The molecule has 1 aromatic heterocycles. The van der Waals surface area contributed by atoms with Gasteiger partial charge in [0.2, 0.25) is 0 Å². The van der Waals surface area contributed by atoms with Crippen molar-refractivity contribution in [1.82, 2.24) is 4.98 Å². The second kappa shape index (κ2) is 5.54. The van der Waals surface area contributed by atoms with Gasteiger partial charge in [0.15, 0.2) is 0 Å². The Bertz CT molecular complexity index is 679. The highest BCUT2D eigenvalue weighted by Crippen LogP contribution is 2.28. The van der Waals surface area contributed by atoms with Gasteiger partial charge < -0.3 is 0 Å². The van der Waals surface area contributed by atoms with Crippen LogP contribution in [-0.4, -0.2) is 4.98 Å². The van der Waals surface area contributed by atoms with Crippen LogP contribution in [0.1, 0.15) is 16.1 Å². The molecule has 0 saturated carbocycles. The minimum Gasteiger partial charge on any atom is -0.261 e. The molecule has 1 heterocycles. The van der Waals surface area contributed by atoms with Crippen LogP contribution >= 0.6 is 15.9 Å². The maximum atomic E-state index is 4.38. The summed E-state index contributed by atoms with van der Waals surface area (Å²) in [5.41, 5.74) is 2.40. The summed E-state index contributed by atoms with van der Waals surface area (Å²) >= 11 is 3.77. The fraction of sp³-hybridized carbons (Fsp3) is 0.118. The first-order valence-electron chi connectivity index (χ1n) is 6.35. The summed E-state index contributed by atoms with van der Waals surface area (Å²) in [5.74, 6) is 0. The van der Waals surface area contributed by atoms with E-state index in [0.29, 0.717) is 4.83 Å². The predicted molar refractivity (Wildman–Crippen MR) is 83.6 cm³/mol. The van der Waals surface area contributed by atoms with Gasteiger partial charge in [-0.05, 0) is 28.5 Å². The number of nitrogens with zero attached hydrogens (tertiary/aromatic N) is 1. The summed E-state index contributed by atoms with van der Waals surface area (Å²) in [4.78, 5) is 4.67. The molecule has 0 aliphatic rings. The Balaban J connectivity index is 1.87. The molecule has 19 heavy (non-hydrogen) atoms. The first-order chi connectivity index (χ1) is 9.33. The van der Waals surface area contributed by atoms with Crippen LogP contribution < -0.4 is 0 Å². The fourth-order valence-electron chi connectivity index (χ4n) is 2.22. The zero-order valence-corrected chi connectivity index (χ0v) is 12.0. The van der Waals surface area contributed by atoms with Gasteiger partial charge in [0.05, 0.1) is 0 Å². The third-order valence-corrected chi connectivity index (χ3v) is 4.10. The highest BCUT2D eigenvalue weighted by Gasteiger charge is 2.09. The highest BCUT2D eigenvalue weighted by atomic mass is 79.9. The number of hydrogen-bond acceptors (Lipinski definition) is 1. The zero-order valence-electron chi connectivity index (χ0n) is 10.5. The number of benzene rings is 2. The molecule has 2 aromatic carbocycles. The smallest absolute Gasteiger partial charge is 0.0450 e. The first kappa shape index (κ1) is 12.4. The lowest BCUT2D eigenvalue weighted by Gasteiger charge is -2.10. The van der Waals surface area contributed by atoms with E-state index in [4.69, 9.17) is 0 Å². The van der Waals surface area contributed by atoms with Crippen LogP contribution in [0.15, 0.2) is 66.9 Å². The molecule has 0 bridgehead atoms. The average molecular weight is 312 g/mol. The van der Waals surface area contributed by atoms with E-state index in [9.17, 15) is 0 Å². The minimum absolute atomic E-state index is 0.298. The standard InChI is InChI=1S/C17H14BrN/c18-17(12-16-7-3-4-10-19-16)15-9-8-13-5-1-2-6-14(13)11-15/h1-11,17H,12H2. The molecule has 0 aliphatic heterocycles. The number of pyridine rings is 1. The molecule has 0 spiro atoms. The molecular formula is C17H14BrN. The van der Waals surface area contributed by atoms with Crippen LogP contribution in [0, 0.1) is 0 Å². The van der Waals surface area contributed by atoms with Crippen LogP contribution in [0.25, 0.3) is 10.8 Å². The van der Waals surface area contributed by atoms with Gasteiger partial charge in [-0.3, -0.25) is 4.98 Å². The van der Waals surface area contributed by atoms with Crippen molar-refractivity contribution in [3.8, 4) is 0 Å². The van der Waals surface area contributed by atoms with Crippen molar-refractivity contribution in [1.29, 1.82) is 0 Å². The van der Waals surface area contributed by atoms with E-state index in [1.807, 2.05) is 18.3 Å². The van der Waals surface area contributed by atoms with Gasteiger partial charge in [0, 0.05) is 23.1 Å². The quantitative estimate of drug-likeness (QED) is 0.626. The number of aromatic nitrogens is 1. The van der Waals surface area contributed by atoms with Crippen molar-refractivity contribution in [2.45, 2.75) is 11.2 Å². The summed E-state index contributed by atoms with van der Waals surface area (Å²) in [6, 6.07) is 21.1. The SMILES string of the molecule is BrC(Cc1ccccn1)c1ccc2ccccc2c1. The van der Waals surface area contributed by atoms with Crippen LogP contribution in [0.5, 0.6) is 0 Å². The fourth-order valence-corrected chi connectivity index (χ4v) is 2.84. The maximum absolute atomic E-state index is 4.38. The summed E-state index contributed by atoms with van der Waals surface area (Å²) in [6.07, 6.45) is 2.74. The van der Waals surface area contributed by atoms with Gasteiger partial charge in [-0.15, -0.1) is 0 Å². The van der Waals surface area contributed by atoms with Crippen LogP contribution in [0.4, 0.5) is 0 Å². The Hall–Kier alpha value is -1.67. The lowest BCUT2D eigenvalue weighted by molar-refractivity contribution is 0.906. The van der Waals surface area contributed by atoms with E-state index in [1.54, 1.807) is 0 Å². The van der Waals surface area contributed by atoms with E-state index in [2.05, 4.69) is 69.4 Å². The van der Waals surface area contributed by atoms with E-state index in [1.165, 1.54) is 16.3 Å². The lowest BCUT2D eigenvalue weighted by Crippen LogP contribution is -1.97. The molecule has 3 rings (SSSR count). The normalized spacial score (nSPS) is 12.5. The molecule has 3 aromatic rings. The third kappa shape index (κ3) is 2.85. The van der Waals surface area contributed by atoms with Crippen LogP contribution in [0.2, 0.25) is 0 Å². The Morgan fingerprint density at radius 3 is 2.47 bits per heavy atom. The number of fused-ring (bicyclic) bond motifs is 1. The van der Waals surface area contributed by atoms with Gasteiger partial charge in [-0.1, -0.05) is 64.5 Å². The van der Waals surface area contributed by atoms with Gasteiger partial charge in [-0.25, -0.2) is 0 Å². The van der Waals surface area contributed by atoms with Crippen molar-refractivity contribution in [3.05, 3.63) is 78.1 Å². The lowest BCUT2D eigenvalue weighted by atomic mass is 10.0. The molecule has 0 fully saturated rings. The zero-order chi connectivity index (χ0) is 13.1.